The first-order chi connectivity index (χ1) is 9.80. The Morgan fingerprint density at radius 3 is 2.67 bits per heavy atom. The van der Waals surface area contributed by atoms with Gasteiger partial charge in [0.05, 0.1) is 24.0 Å². The van der Waals surface area contributed by atoms with E-state index in [0.717, 1.165) is 23.2 Å². The summed E-state index contributed by atoms with van der Waals surface area (Å²) in [5.74, 6) is -0.334. The largest absolute Gasteiger partial charge is 0.462 e. The third-order valence-electron chi connectivity index (χ3n) is 4.16. The highest BCUT2D eigenvalue weighted by atomic mass is 16.5. The number of ether oxygens (including phenoxy) is 1. The maximum absolute atomic E-state index is 12.2. The van der Waals surface area contributed by atoms with Crippen LogP contribution in [-0.4, -0.2) is 22.7 Å². The number of aliphatic hydroxyl groups excluding tert-OH is 1. The number of pyridine rings is 1. The molecule has 1 aromatic rings. The van der Waals surface area contributed by atoms with Crippen molar-refractivity contribution in [3.8, 4) is 0 Å². The number of esters is 1. The summed E-state index contributed by atoms with van der Waals surface area (Å²) in [5.41, 5.74) is 3.96. The van der Waals surface area contributed by atoms with E-state index in [9.17, 15) is 9.90 Å². The Kier molecular flexibility index (Phi) is 4.38. The molecule has 0 aromatic carbocycles. The summed E-state index contributed by atoms with van der Waals surface area (Å²) in [4.78, 5) is 16.8. The number of hydrogen-bond donors (Lipinski definition) is 1. The molecular weight excluding hydrogens is 266 g/mol. The Hall–Kier alpha value is -1.42. The van der Waals surface area contributed by atoms with Crippen molar-refractivity contribution in [1.29, 1.82) is 0 Å². The van der Waals surface area contributed by atoms with E-state index in [2.05, 4.69) is 18.8 Å². The van der Waals surface area contributed by atoms with Crippen LogP contribution in [0.3, 0.4) is 0 Å². The first-order valence-electron chi connectivity index (χ1n) is 7.68. The van der Waals surface area contributed by atoms with Crippen LogP contribution in [0.1, 0.15) is 73.1 Å². The van der Waals surface area contributed by atoms with Gasteiger partial charge in [0.1, 0.15) is 0 Å². The van der Waals surface area contributed by atoms with Crippen LogP contribution in [0.4, 0.5) is 0 Å². The molecule has 0 saturated carbocycles. The second kappa shape index (κ2) is 5.76. The molecule has 0 amide bonds. The quantitative estimate of drug-likeness (QED) is 0.869. The van der Waals surface area contributed by atoms with Gasteiger partial charge in [-0.2, -0.15) is 0 Å². The third kappa shape index (κ3) is 2.95. The fourth-order valence-electron chi connectivity index (χ4n) is 3.37. The van der Waals surface area contributed by atoms with E-state index < -0.39 is 6.10 Å². The lowest BCUT2D eigenvalue weighted by Crippen LogP contribution is -2.29. The highest BCUT2D eigenvalue weighted by Gasteiger charge is 2.35. The zero-order valence-corrected chi connectivity index (χ0v) is 13.6. The minimum atomic E-state index is -0.556. The second-order valence-corrected chi connectivity index (χ2v) is 6.55. The van der Waals surface area contributed by atoms with E-state index in [1.54, 1.807) is 6.92 Å². The fourth-order valence-corrected chi connectivity index (χ4v) is 3.37. The lowest BCUT2D eigenvalue weighted by molar-refractivity contribution is 0.0522. The van der Waals surface area contributed by atoms with Gasteiger partial charge in [0.2, 0.25) is 0 Å². The molecule has 1 N–H and O–H groups in total. The molecule has 116 valence electrons. The lowest BCUT2D eigenvalue weighted by atomic mass is 9.73. The van der Waals surface area contributed by atoms with Crippen LogP contribution in [-0.2, 0) is 17.6 Å². The van der Waals surface area contributed by atoms with Gasteiger partial charge in [-0.1, -0.05) is 20.8 Å². The van der Waals surface area contributed by atoms with Crippen molar-refractivity contribution in [1.82, 2.24) is 4.98 Å². The Labute approximate surface area is 126 Å². The van der Waals surface area contributed by atoms with Gasteiger partial charge >= 0.3 is 5.97 Å². The van der Waals surface area contributed by atoms with E-state index >= 15 is 0 Å². The molecule has 0 aliphatic heterocycles. The Balaban J connectivity index is 2.62. The molecule has 4 heteroatoms. The van der Waals surface area contributed by atoms with Crippen LogP contribution < -0.4 is 0 Å². The van der Waals surface area contributed by atoms with Crippen LogP contribution in [0.5, 0.6) is 0 Å². The standard InChI is InChI=1S/C17H25NO3/c1-6-11-14(16(20)21-7-2)10(3)18-12-8-17(4,5)9-13(19)15(11)12/h13,19H,6-9H2,1-5H3. The van der Waals surface area contributed by atoms with Crippen molar-refractivity contribution in [2.75, 3.05) is 6.61 Å². The van der Waals surface area contributed by atoms with Crippen molar-refractivity contribution < 1.29 is 14.6 Å². The summed E-state index contributed by atoms with van der Waals surface area (Å²) >= 11 is 0. The number of rotatable bonds is 3. The van der Waals surface area contributed by atoms with Gasteiger partial charge in [-0.3, -0.25) is 4.98 Å². The van der Waals surface area contributed by atoms with Crippen molar-refractivity contribution >= 4 is 5.97 Å². The number of nitrogens with zero attached hydrogens (tertiary/aromatic N) is 1. The molecule has 1 aromatic heterocycles. The summed E-state index contributed by atoms with van der Waals surface area (Å²) in [6, 6.07) is 0. The van der Waals surface area contributed by atoms with E-state index in [1.807, 2.05) is 13.8 Å². The summed E-state index contributed by atoms with van der Waals surface area (Å²) in [5, 5.41) is 10.5. The molecule has 1 heterocycles. The average Bonchev–Trinajstić information content (AvgIpc) is 2.35. The highest BCUT2D eigenvalue weighted by molar-refractivity contribution is 5.92. The van der Waals surface area contributed by atoms with E-state index in [1.165, 1.54) is 0 Å². The fraction of sp³-hybridized carbons (Fsp3) is 0.647. The first-order valence-corrected chi connectivity index (χ1v) is 7.68. The predicted molar refractivity (Wildman–Crippen MR) is 81.4 cm³/mol. The molecule has 1 unspecified atom stereocenters. The van der Waals surface area contributed by atoms with Gasteiger partial charge in [0.25, 0.3) is 0 Å². The van der Waals surface area contributed by atoms with E-state index in [4.69, 9.17) is 4.74 Å². The normalized spacial score (nSPS) is 20.0. The van der Waals surface area contributed by atoms with Gasteiger partial charge in [0.15, 0.2) is 0 Å². The second-order valence-electron chi connectivity index (χ2n) is 6.55. The maximum Gasteiger partial charge on any atom is 0.340 e. The molecule has 0 spiro atoms. The zero-order chi connectivity index (χ0) is 15.8. The van der Waals surface area contributed by atoms with Crippen molar-refractivity contribution in [2.45, 2.75) is 60.0 Å². The van der Waals surface area contributed by atoms with Crippen molar-refractivity contribution in [3.05, 3.63) is 28.1 Å². The molecule has 21 heavy (non-hydrogen) atoms. The SMILES string of the molecule is CCOC(=O)c1c(C)nc2c(c1CC)C(O)CC(C)(C)C2. The van der Waals surface area contributed by atoms with Gasteiger partial charge in [0, 0.05) is 11.3 Å². The number of aryl methyl sites for hydroxylation is 1. The monoisotopic (exact) mass is 291 g/mol. The molecule has 0 saturated heterocycles. The van der Waals surface area contributed by atoms with Crippen LogP contribution in [0.15, 0.2) is 0 Å². The number of fused-ring (bicyclic) bond motifs is 1. The highest BCUT2D eigenvalue weighted by Crippen LogP contribution is 2.42. The zero-order valence-electron chi connectivity index (χ0n) is 13.6. The summed E-state index contributed by atoms with van der Waals surface area (Å²) < 4.78 is 5.16. The number of carbonyl (C=O) groups is 1. The van der Waals surface area contributed by atoms with Crippen LogP contribution in [0.25, 0.3) is 0 Å². The Bertz CT molecular complexity index is 564. The van der Waals surface area contributed by atoms with Crippen LogP contribution in [0, 0.1) is 12.3 Å². The molecule has 0 fully saturated rings. The predicted octanol–water partition coefficient (Wildman–Crippen LogP) is 3.13. The number of hydrogen-bond acceptors (Lipinski definition) is 4. The lowest BCUT2D eigenvalue weighted by Gasteiger charge is -2.36. The Morgan fingerprint density at radius 2 is 2.10 bits per heavy atom. The molecule has 2 rings (SSSR count). The topological polar surface area (TPSA) is 59.4 Å². The van der Waals surface area contributed by atoms with Crippen LogP contribution >= 0.6 is 0 Å². The summed E-state index contributed by atoms with van der Waals surface area (Å²) in [7, 11) is 0. The van der Waals surface area contributed by atoms with Gasteiger partial charge in [-0.25, -0.2) is 4.79 Å². The van der Waals surface area contributed by atoms with E-state index in [-0.39, 0.29) is 11.4 Å². The van der Waals surface area contributed by atoms with Gasteiger partial charge in [-0.05, 0) is 44.1 Å². The molecule has 0 radical (unpaired) electrons. The molecule has 1 aliphatic rings. The van der Waals surface area contributed by atoms with E-state index in [0.29, 0.717) is 30.7 Å². The third-order valence-corrected chi connectivity index (χ3v) is 4.16. The smallest absolute Gasteiger partial charge is 0.340 e. The minimum absolute atomic E-state index is 0.0301. The molecule has 1 atom stereocenters. The van der Waals surface area contributed by atoms with Crippen molar-refractivity contribution in [3.63, 3.8) is 0 Å². The molecule has 4 nitrogen and oxygen atoms in total. The van der Waals surface area contributed by atoms with Gasteiger partial charge in [-0.15, -0.1) is 0 Å². The van der Waals surface area contributed by atoms with Crippen LogP contribution in [0.2, 0.25) is 0 Å². The number of carbonyl (C=O) groups excluding carboxylic acids is 1. The molecule has 1 aliphatic carbocycles. The maximum atomic E-state index is 12.2. The van der Waals surface area contributed by atoms with Gasteiger partial charge < -0.3 is 9.84 Å². The summed E-state index contributed by atoms with van der Waals surface area (Å²) in [6.45, 7) is 10.3. The first kappa shape index (κ1) is 16.0. The molecule has 0 bridgehead atoms. The Morgan fingerprint density at radius 1 is 1.43 bits per heavy atom. The number of aliphatic hydroxyl groups is 1. The average molecular weight is 291 g/mol. The molecular formula is C17H25NO3. The number of aromatic nitrogens is 1. The minimum Gasteiger partial charge on any atom is -0.462 e. The van der Waals surface area contributed by atoms with Crippen molar-refractivity contribution in [2.24, 2.45) is 5.41 Å². The summed E-state index contributed by atoms with van der Waals surface area (Å²) in [6.07, 6.45) is 1.66.